The van der Waals surface area contributed by atoms with Gasteiger partial charge >= 0.3 is 5.97 Å². The van der Waals surface area contributed by atoms with E-state index in [1.807, 2.05) is 12.1 Å². The van der Waals surface area contributed by atoms with Gasteiger partial charge in [0.2, 0.25) is 0 Å². The molecule has 1 fully saturated rings. The largest absolute Gasteiger partial charge is 0.480 e. The van der Waals surface area contributed by atoms with Crippen LogP contribution in [0, 0.1) is 0 Å². The first kappa shape index (κ1) is 15.2. The predicted octanol–water partition coefficient (Wildman–Crippen LogP) is 3.60. The molecular weight excluding hydrogens is 351 g/mol. The second kappa shape index (κ2) is 5.65. The number of benzene rings is 1. The number of carbonyl (C=O) groups is 1. The van der Waals surface area contributed by atoms with Crippen molar-refractivity contribution in [2.24, 2.45) is 0 Å². The summed E-state index contributed by atoms with van der Waals surface area (Å²) in [4.78, 5) is 17.7. The molecule has 4 rings (SSSR count). The summed E-state index contributed by atoms with van der Waals surface area (Å²) >= 11 is 12.5. The van der Waals surface area contributed by atoms with E-state index in [4.69, 9.17) is 23.2 Å². The van der Waals surface area contributed by atoms with Crippen LogP contribution in [0.4, 0.5) is 5.82 Å². The number of fused-ring (bicyclic) bond motifs is 1. The first-order valence-corrected chi connectivity index (χ1v) is 8.09. The third-order valence-corrected chi connectivity index (χ3v) is 5.06. The smallest absolute Gasteiger partial charge is 0.326 e. The Balaban J connectivity index is 1.96. The SMILES string of the molecule is O=C(O)[C@H]1CCN1c1cc(-c2cn[nH]c2)c2ccc(Cl)c(Cl)c2n1. The molecule has 122 valence electrons. The summed E-state index contributed by atoms with van der Waals surface area (Å²) in [6, 6.07) is 4.88. The molecule has 0 aliphatic carbocycles. The van der Waals surface area contributed by atoms with Crippen LogP contribution in [0.15, 0.2) is 30.6 Å². The molecule has 6 nitrogen and oxygen atoms in total. The highest BCUT2D eigenvalue weighted by molar-refractivity contribution is 6.45. The topological polar surface area (TPSA) is 82.1 Å². The molecule has 0 bridgehead atoms. The molecule has 0 amide bonds. The van der Waals surface area contributed by atoms with Crippen LogP contribution in [0.3, 0.4) is 0 Å². The Morgan fingerprint density at radius 2 is 2.21 bits per heavy atom. The van der Waals surface area contributed by atoms with Crippen LogP contribution in [0.5, 0.6) is 0 Å². The number of pyridine rings is 1. The predicted molar refractivity (Wildman–Crippen MR) is 92.7 cm³/mol. The van der Waals surface area contributed by atoms with Gasteiger partial charge in [-0.15, -0.1) is 0 Å². The van der Waals surface area contributed by atoms with Gasteiger partial charge in [0, 0.05) is 23.7 Å². The number of aromatic amines is 1. The molecule has 3 aromatic rings. The summed E-state index contributed by atoms with van der Waals surface area (Å²) in [6.45, 7) is 0.637. The normalized spacial score (nSPS) is 17.1. The number of carboxylic acids is 1. The van der Waals surface area contributed by atoms with Crippen molar-refractivity contribution in [1.82, 2.24) is 15.2 Å². The number of carboxylic acid groups (broad SMARTS) is 1. The Labute approximate surface area is 147 Å². The fourth-order valence-corrected chi connectivity index (χ4v) is 3.28. The van der Waals surface area contributed by atoms with Crippen molar-refractivity contribution in [3.63, 3.8) is 0 Å². The minimum Gasteiger partial charge on any atom is -0.480 e. The van der Waals surface area contributed by atoms with Crippen LogP contribution in [-0.4, -0.2) is 38.8 Å². The van der Waals surface area contributed by atoms with Crippen LogP contribution < -0.4 is 4.90 Å². The van der Waals surface area contributed by atoms with Crippen molar-refractivity contribution in [2.75, 3.05) is 11.4 Å². The molecule has 8 heteroatoms. The van der Waals surface area contributed by atoms with Crippen molar-refractivity contribution in [3.8, 4) is 11.1 Å². The number of halogens is 2. The lowest BCUT2D eigenvalue weighted by Gasteiger charge is -2.39. The van der Waals surface area contributed by atoms with Gasteiger partial charge in [-0.2, -0.15) is 5.10 Å². The summed E-state index contributed by atoms with van der Waals surface area (Å²) in [6.07, 6.45) is 4.07. The van der Waals surface area contributed by atoms with E-state index >= 15 is 0 Å². The summed E-state index contributed by atoms with van der Waals surface area (Å²) < 4.78 is 0. The van der Waals surface area contributed by atoms with Gasteiger partial charge in [0.1, 0.15) is 11.9 Å². The summed E-state index contributed by atoms with van der Waals surface area (Å²) in [5.74, 6) is -0.285. The van der Waals surface area contributed by atoms with Crippen molar-refractivity contribution in [3.05, 3.63) is 40.6 Å². The van der Waals surface area contributed by atoms with E-state index in [-0.39, 0.29) is 0 Å². The van der Waals surface area contributed by atoms with Crippen molar-refractivity contribution in [2.45, 2.75) is 12.5 Å². The van der Waals surface area contributed by atoms with E-state index in [1.54, 1.807) is 23.4 Å². The lowest BCUT2D eigenvalue weighted by atomic mass is 10.0. The van der Waals surface area contributed by atoms with Gasteiger partial charge in [-0.1, -0.05) is 29.3 Å². The highest BCUT2D eigenvalue weighted by Gasteiger charge is 2.35. The molecule has 1 atom stereocenters. The summed E-state index contributed by atoms with van der Waals surface area (Å²) in [5.41, 5.74) is 2.29. The molecule has 1 aliphatic heterocycles. The number of hydrogen-bond acceptors (Lipinski definition) is 4. The minimum absolute atomic E-state index is 0.355. The molecule has 0 radical (unpaired) electrons. The monoisotopic (exact) mass is 362 g/mol. The third kappa shape index (κ3) is 2.30. The Kier molecular flexibility index (Phi) is 3.58. The second-order valence-electron chi connectivity index (χ2n) is 5.61. The number of hydrogen-bond donors (Lipinski definition) is 2. The molecule has 2 aromatic heterocycles. The van der Waals surface area contributed by atoms with Gasteiger partial charge in [0.05, 0.1) is 21.8 Å². The summed E-state index contributed by atoms with van der Waals surface area (Å²) in [7, 11) is 0. The molecule has 3 heterocycles. The Morgan fingerprint density at radius 1 is 1.38 bits per heavy atom. The van der Waals surface area contributed by atoms with E-state index in [0.29, 0.717) is 34.3 Å². The van der Waals surface area contributed by atoms with E-state index in [2.05, 4.69) is 15.2 Å². The fourth-order valence-electron chi connectivity index (χ4n) is 2.92. The number of rotatable bonds is 3. The highest BCUT2D eigenvalue weighted by Crippen LogP contribution is 2.38. The first-order valence-electron chi connectivity index (χ1n) is 7.33. The molecular formula is C16H12Cl2N4O2. The fraction of sp³-hybridized carbons (Fsp3) is 0.188. The Bertz CT molecular complexity index is 943. The number of nitrogens with zero attached hydrogens (tertiary/aromatic N) is 3. The van der Waals surface area contributed by atoms with Crippen molar-refractivity contribution in [1.29, 1.82) is 0 Å². The maximum absolute atomic E-state index is 11.3. The average Bonchev–Trinajstić information content (AvgIpc) is 3.03. The molecule has 1 aromatic carbocycles. The number of aromatic nitrogens is 3. The average molecular weight is 363 g/mol. The van der Waals surface area contributed by atoms with E-state index in [0.717, 1.165) is 16.5 Å². The first-order chi connectivity index (χ1) is 11.6. The van der Waals surface area contributed by atoms with Crippen LogP contribution in [0.1, 0.15) is 6.42 Å². The Hall–Kier alpha value is -2.31. The lowest BCUT2D eigenvalue weighted by Crippen LogP contribution is -2.53. The van der Waals surface area contributed by atoms with Gasteiger partial charge in [-0.25, -0.2) is 9.78 Å². The van der Waals surface area contributed by atoms with Crippen LogP contribution >= 0.6 is 23.2 Å². The lowest BCUT2D eigenvalue weighted by molar-refractivity contribution is -0.140. The molecule has 0 unspecified atom stereocenters. The van der Waals surface area contributed by atoms with Gasteiger partial charge in [-0.3, -0.25) is 5.10 Å². The van der Waals surface area contributed by atoms with E-state index < -0.39 is 12.0 Å². The van der Waals surface area contributed by atoms with Crippen molar-refractivity contribution >= 4 is 45.9 Å². The quantitative estimate of drug-likeness (QED) is 0.743. The zero-order valence-electron chi connectivity index (χ0n) is 12.3. The zero-order chi connectivity index (χ0) is 16.8. The van der Waals surface area contributed by atoms with E-state index in [1.165, 1.54) is 0 Å². The second-order valence-corrected chi connectivity index (χ2v) is 6.39. The maximum Gasteiger partial charge on any atom is 0.326 e. The van der Waals surface area contributed by atoms with Gasteiger partial charge in [-0.05, 0) is 24.1 Å². The molecule has 0 spiro atoms. The maximum atomic E-state index is 11.3. The zero-order valence-corrected chi connectivity index (χ0v) is 13.8. The highest BCUT2D eigenvalue weighted by atomic mass is 35.5. The molecule has 0 saturated carbocycles. The number of aliphatic carboxylic acids is 1. The number of nitrogens with one attached hydrogen (secondary N) is 1. The number of H-pyrrole nitrogens is 1. The molecule has 24 heavy (non-hydrogen) atoms. The molecule has 1 saturated heterocycles. The van der Waals surface area contributed by atoms with Crippen LogP contribution in [0.25, 0.3) is 22.0 Å². The minimum atomic E-state index is -0.856. The van der Waals surface area contributed by atoms with Gasteiger partial charge < -0.3 is 10.0 Å². The third-order valence-electron chi connectivity index (χ3n) is 4.27. The standard InChI is InChI=1S/C16H12Cl2N4O2/c17-11-2-1-9-10(8-6-19-20-7-8)5-13(21-15(9)14(11)18)22-4-3-12(22)16(23)24/h1-2,5-7,12H,3-4H2,(H,19,20)(H,23,24)/t12-/m1/s1. The Morgan fingerprint density at radius 3 is 2.83 bits per heavy atom. The van der Waals surface area contributed by atoms with Gasteiger partial charge in [0.15, 0.2) is 0 Å². The van der Waals surface area contributed by atoms with E-state index in [9.17, 15) is 9.90 Å². The summed E-state index contributed by atoms with van der Waals surface area (Å²) in [5, 5.41) is 17.7. The molecule has 1 aliphatic rings. The van der Waals surface area contributed by atoms with Crippen molar-refractivity contribution < 1.29 is 9.90 Å². The number of anilines is 1. The van der Waals surface area contributed by atoms with Crippen LogP contribution in [0.2, 0.25) is 10.0 Å². The van der Waals surface area contributed by atoms with Gasteiger partial charge in [0.25, 0.3) is 0 Å². The molecule has 2 N–H and O–H groups in total. The van der Waals surface area contributed by atoms with Crippen LogP contribution in [-0.2, 0) is 4.79 Å².